The van der Waals surface area contributed by atoms with Gasteiger partial charge in [0.15, 0.2) is 0 Å². The second kappa shape index (κ2) is 7.09. The zero-order valence-electron chi connectivity index (χ0n) is 12.5. The van der Waals surface area contributed by atoms with E-state index in [1.54, 1.807) is 0 Å². The lowest BCUT2D eigenvalue weighted by atomic mass is 10.00. The minimum absolute atomic E-state index is 0.0490. The van der Waals surface area contributed by atoms with E-state index in [4.69, 9.17) is 5.11 Å². The van der Waals surface area contributed by atoms with Gasteiger partial charge in [-0.05, 0) is 29.7 Å². The van der Waals surface area contributed by atoms with Gasteiger partial charge in [-0.3, -0.25) is 0 Å². The summed E-state index contributed by atoms with van der Waals surface area (Å²) in [4.78, 5) is 12.0. The standard InChI is InChI=1S/C17H22N2O2/c1-3-14(11-20)19-17(21)18-12(2)15-10-6-8-13-7-4-5-9-16(13)15/h4-10,12,14,20H,3,11H2,1-2H3,(H2,18,19,21). The van der Waals surface area contributed by atoms with Crippen LogP contribution in [0.2, 0.25) is 0 Å². The molecule has 0 saturated carbocycles. The molecular formula is C17H22N2O2. The molecular weight excluding hydrogens is 264 g/mol. The Kier molecular flexibility index (Phi) is 5.17. The molecule has 4 heteroatoms. The molecule has 2 aromatic carbocycles. The predicted molar refractivity (Wildman–Crippen MR) is 85.2 cm³/mol. The maximum atomic E-state index is 12.0. The highest BCUT2D eigenvalue weighted by Crippen LogP contribution is 2.23. The fraction of sp³-hybridized carbons (Fsp3) is 0.353. The van der Waals surface area contributed by atoms with E-state index in [9.17, 15) is 4.79 Å². The Morgan fingerprint density at radius 2 is 1.86 bits per heavy atom. The minimum Gasteiger partial charge on any atom is -0.394 e. The van der Waals surface area contributed by atoms with Gasteiger partial charge in [-0.15, -0.1) is 0 Å². The molecule has 0 aliphatic carbocycles. The summed E-state index contributed by atoms with van der Waals surface area (Å²) in [5.74, 6) is 0. The number of aliphatic hydroxyl groups is 1. The molecule has 0 saturated heterocycles. The van der Waals surface area contributed by atoms with Gasteiger partial charge < -0.3 is 15.7 Å². The predicted octanol–water partition coefficient (Wildman–Crippen LogP) is 2.97. The summed E-state index contributed by atoms with van der Waals surface area (Å²) in [6.07, 6.45) is 0.701. The third-order valence-corrected chi connectivity index (χ3v) is 3.69. The number of benzene rings is 2. The first-order valence-electron chi connectivity index (χ1n) is 7.31. The van der Waals surface area contributed by atoms with Gasteiger partial charge in [-0.25, -0.2) is 4.79 Å². The van der Waals surface area contributed by atoms with Crippen molar-refractivity contribution in [2.45, 2.75) is 32.4 Å². The summed E-state index contributed by atoms with van der Waals surface area (Å²) in [7, 11) is 0. The van der Waals surface area contributed by atoms with Crippen LogP contribution in [0.1, 0.15) is 31.9 Å². The molecule has 0 bridgehead atoms. The number of nitrogens with one attached hydrogen (secondary N) is 2. The molecule has 0 aliphatic heterocycles. The minimum atomic E-state index is -0.253. The Labute approximate surface area is 125 Å². The van der Waals surface area contributed by atoms with Gasteiger partial charge >= 0.3 is 6.03 Å². The van der Waals surface area contributed by atoms with Crippen LogP contribution < -0.4 is 10.6 Å². The van der Waals surface area contributed by atoms with E-state index < -0.39 is 0 Å². The highest BCUT2D eigenvalue weighted by Gasteiger charge is 2.14. The van der Waals surface area contributed by atoms with Crippen molar-refractivity contribution >= 4 is 16.8 Å². The van der Waals surface area contributed by atoms with Crippen LogP contribution in [0.3, 0.4) is 0 Å². The zero-order valence-corrected chi connectivity index (χ0v) is 12.5. The molecule has 0 fully saturated rings. The monoisotopic (exact) mass is 286 g/mol. The van der Waals surface area contributed by atoms with Crippen molar-refractivity contribution < 1.29 is 9.90 Å². The second-order valence-corrected chi connectivity index (χ2v) is 5.20. The van der Waals surface area contributed by atoms with Crippen molar-refractivity contribution in [2.24, 2.45) is 0 Å². The van der Waals surface area contributed by atoms with Crippen molar-refractivity contribution in [3.05, 3.63) is 48.0 Å². The van der Waals surface area contributed by atoms with Crippen LogP contribution in [0.4, 0.5) is 4.79 Å². The maximum absolute atomic E-state index is 12.0. The quantitative estimate of drug-likeness (QED) is 0.791. The lowest BCUT2D eigenvalue weighted by Gasteiger charge is -2.20. The van der Waals surface area contributed by atoms with E-state index in [1.807, 2.05) is 38.1 Å². The summed E-state index contributed by atoms with van der Waals surface area (Å²) >= 11 is 0. The number of carbonyl (C=O) groups excluding carboxylic acids is 1. The molecule has 0 radical (unpaired) electrons. The number of rotatable bonds is 5. The molecule has 2 rings (SSSR count). The van der Waals surface area contributed by atoms with Crippen LogP contribution in [0.25, 0.3) is 10.8 Å². The summed E-state index contributed by atoms with van der Waals surface area (Å²) in [6.45, 7) is 3.84. The maximum Gasteiger partial charge on any atom is 0.315 e. The van der Waals surface area contributed by atoms with E-state index >= 15 is 0 Å². The van der Waals surface area contributed by atoms with Gasteiger partial charge in [0.1, 0.15) is 0 Å². The molecule has 2 amide bonds. The van der Waals surface area contributed by atoms with E-state index in [1.165, 1.54) is 0 Å². The molecule has 2 aromatic rings. The van der Waals surface area contributed by atoms with Gasteiger partial charge in [-0.2, -0.15) is 0 Å². The highest BCUT2D eigenvalue weighted by atomic mass is 16.3. The van der Waals surface area contributed by atoms with Crippen molar-refractivity contribution in [3.8, 4) is 0 Å². The van der Waals surface area contributed by atoms with Crippen LogP contribution in [0.15, 0.2) is 42.5 Å². The zero-order chi connectivity index (χ0) is 15.2. The number of fused-ring (bicyclic) bond motifs is 1. The SMILES string of the molecule is CCC(CO)NC(=O)NC(C)c1cccc2ccccc12. The second-order valence-electron chi connectivity index (χ2n) is 5.20. The number of hydrogen-bond donors (Lipinski definition) is 3. The van der Waals surface area contributed by atoms with E-state index in [-0.39, 0.29) is 24.7 Å². The average molecular weight is 286 g/mol. The Morgan fingerprint density at radius 1 is 1.14 bits per heavy atom. The number of hydrogen-bond acceptors (Lipinski definition) is 2. The Hall–Kier alpha value is -2.07. The largest absolute Gasteiger partial charge is 0.394 e. The molecule has 0 heterocycles. The molecule has 21 heavy (non-hydrogen) atoms. The number of carbonyl (C=O) groups is 1. The van der Waals surface area contributed by atoms with E-state index in [0.29, 0.717) is 6.42 Å². The van der Waals surface area contributed by atoms with Gasteiger partial charge in [0.2, 0.25) is 0 Å². The van der Waals surface area contributed by atoms with Gasteiger partial charge in [0.05, 0.1) is 18.7 Å². The van der Waals surface area contributed by atoms with E-state index in [0.717, 1.165) is 16.3 Å². The Balaban J connectivity index is 2.12. The fourth-order valence-electron chi connectivity index (χ4n) is 2.41. The number of amides is 2. The first-order chi connectivity index (χ1) is 10.2. The first kappa shape index (κ1) is 15.3. The summed E-state index contributed by atoms with van der Waals surface area (Å²) in [6, 6.07) is 13.6. The van der Waals surface area contributed by atoms with Crippen LogP contribution in [-0.2, 0) is 0 Å². The van der Waals surface area contributed by atoms with Crippen molar-refractivity contribution in [1.82, 2.24) is 10.6 Å². The molecule has 3 N–H and O–H groups in total. The van der Waals surface area contributed by atoms with Crippen molar-refractivity contribution in [3.63, 3.8) is 0 Å². The number of urea groups is 1. The molecule has 0 aromatic heterocycles. The third-order valence-electron chi connectivity index (χ3n) is 3.69. The Bertz CT molecular complexity index is 603. The molecule has 2 unspecified atom stereocenters. The van der Waals surface area contributed by atoms with Gasteiger partial charge in [-0.1, -0.05) is 49.4 Å². The lowest BCUT2D eigenvalue weighted by Crippen LogP contribution is -2.44. The topological polar surface area (TPSA) is 61.4 Å². The third kappa shape index (κ3) is 3.73. The summed E-state index contributed by atoms with van der Waals surface area (Å²) in [5, 5.41) is 17.1. The van der Waals surface area contributed by atoms with Crippen LogP contribution >= 0.6 is 0 Å². The van der Waals surface area contributed by atoms with Gasteiger partial charge in [0, 0.05) is 0 Å². The van der Waals surface area contributed by atoms with Crippen LogP contribution in [0, 0.1) is 0 Å². The first-order valence-corrected chi connectivity index (χ1v) is 7.31. The van der Waals surface area contributed by atoms with Gasteiger partial charge in [0.25, 0.3) is 0 Å². The molecule has 2 atom stereocenters. The van der Waals surface area contributed by atoms with Crippen LogP contribution in [0.5, 0.6) is 0 Å². The normalized spacial score (nSPS) is 13.7. The van der Waals surface area contributed by atoms with E-state index in [2.05, 4.69) is 28.8 Å². The van der Waals surface area contributed by atoms with Crippen molar-refractivity contribution in [1.29, 1.82) is 0 Å². The Morgan fingerprint density at radius 3 is 2.57 bits per heavy atom. The highest BCUT2D eigenvalue weighted by molar-refractivity contribution is 5.86. The van der Waals surface area contributed by atoms with Crippen LogP contribution in [-0.4, -0.2) is 23.8 Å². The average Bonchev–Trinajstić information content (AvgIpc) is 2.51. The molecule has 112 valence electrons. The summed E-state index contributed by atoms with van der Waals surface area (Å²) in [5.41, 5.74) is 1.08. The molecule has 0 spiro atoms. The molecule has 0 aliphatic rings. The summed E-state index contributed by atoms with van der Waals surface area (Å²) < 4.78 is 0. The molecule has 4 nitrogen and oxygen atoms in total. The smallest absolute Gasteiger partial charge is 0.315 e. The number of aliphatic hydroxyl groups excluding tert-OH is 1. The van der Waals surface area contributed by atoms with Crippen molar-refractivity contribution in [2.75, 3.05) is 6.61 Å². The fourth-order valence-corrected chi connectivity index (χ4v) is 2.41. The lowest BCUT2D eigenvalue weighted by molar-refractivity contribution is 0.212.